The first-order valence-electron chi connectivity index (χ1n) is 3.67. The minimum Gasteiger partial charge on any atom is -0.281 e. The van der Waals surface area contributed by atoms with E-state index >= 15 is 0 Å². The fourth-order valence-electron chi connectivity index (χ4n) is 1.04. The van der Waals surface area contributed by atoms with E-state index in [9.17, 15) is 4.79 Å². The van der Waals surface area contributed by atoms with Crippen molar-refractivity contribution in [2.24, 2.45) is 0 Å². The number of benzene rings is 1. The van der Waals surface area contributed by atoms with Crippen LogP contribution < -0.4 is 0 Å². The molecule has 0 bridgehead atoms. The van der Waals surface area contributed by atoms with E-state index in [-0.39, 0.29) is 0 Å². The van der Waals surface area contributed by atoms with E-state index in [4.69, 9.17) is 34.8 Å². The van der Waals surface area contributed by atoms with Gasteiger partial charge in [0.15, 0.2) is 0 Å². The number of hydrogen-bond donors (Lipinski definition) is 0. The second-order valence-electron chi connectivity index (χ2n) is 2.66. The van der Waals surface area contributed by atoms with Gasteiger partial charge in [-0.2, -0.15) is 0 Å². The lowest BCUT2D eigenvalue weighted by atomic mass is 10.0. The van der Waals surface area contributed by atoms with Crippen molar-refractivity contribution in [1.82, 2.24) is 0 Å². The summed E-state index contributed by atoms with van der Waals surface area (Å²) in [7, 11) is 0. The second-order valence-corrected chi connectivity index (χ2v) is 3.85. The van der Waals surface area contributed by atoms with Gasteiger partial charge in [-0.3, -0.25) is 4.79 Å². The molecule has 0 saturated carbocycles. The van der Waals surface area contributed by atoms with Gasteiger partial charge in [0.2, 0.25) is 5.24 Å². The Hall–Kier alpha value is -0.240. The van der Waals surface area contributed by atoms with Gasteiger partial charge in [-0.25, -0.2) is 0 Å². The van der Waals surface area contributed by atoms with E-state index in [1.54, 1.807) is 25.1 Å². The van der Waals surface area contributed by atoms with E-state index in [1.165, 1.54) is 0 Å². The van der Waals surface area contributed by atoms with Gasteiger partial charge in [-0.05, 0) is 23.7 Å². The fraction of sp³-hybridized carbons (Fsp3) is 0.222. The molecule has 1 nitrogen and oxygen atoms in total. The number of hydrogen-bond acceptors (Lipinski definition) is 1. The largest absolute Gasteiger partial charge is 0.281 e. The Kier molecular flexibility index (Phi) is 3.60. The highest BCUT2D eigenvalue weighted by Crippen LogP contribution is 2.32. The Bertz CT molecular complexity index is 315. The zero-order valence-electron chi connectivity index (χ0n) is 6.85. The molecular weight excluding hydrogens is 230 g/mol. The van der Waals surface area contributed by atoms with Crippen molar-refractivity contribution in [3.8, 4) is 0 Å². The summed E-state index contributed by atoms with van der Waals surface area (Å²) in [6, 6.07) is 5.08. The average molecular weight is 238 g/mol. The summed E-state index contributed by atoms with van der Waals surface area (Å²) < 4.78 is 0. The predicted octanol–water partition coefficient (Wildman–Crippen LogP) is 3.86. The van der Waals surface area contributed by atoms with Gasteiger partial charge in [0.05, 0.1) is 5.92 Å². The number of rotatable bonds is 2. The lowest BCUT2D eigenvalue weighted by molar-refractivity contribution is -0.112. The highest BCUT2D eigenvalue weighted by molar-refractivity contribution is 6.64. The summed E-state index contributed by atoms with van der Waals surface area (Å²) in [5.74, 6) is -0.470. The van der Waals surface area contributed by atoms with E-state index in [0.29, 0.717) is 15.6 Å². The van der Waals surface area contributed by atoms with Crippen molar-refractivity contribution < 1.29 is 4.79 Å². The SMILES string of the molecule is C[C@H](C(=O)Cl)c1c(Cl)cccc1Cl. The summed E-state index contributed by atoms with van der Waals surface area (Å²) in [5.41, 5.74) is 0.589. The first-order valence-corrected chi connectivity index (χ1v) is 4.80. The van der Waals surface area contributed by atoms with Gasteiger partial charge >= 0.3 is 0 Å². The van der Waals surface area contributed by atoms with E-state index in [1.807, 2.05) is 0 Å². The molecule has 0 aliphatic heterocycles. The van der Waals surface area contributed by atoms with Gasteiger partial charge in [0.1, 0.15) is 0 Å². The van der Waals surface area contributed by atoms with Crippen molar-refractivity contribution in [3.63, 3.8) is 0 Å². The second kappa shape index (κ2) is 4.32. The molecule has 0 unspecified atom stereocenters. The van der Waals surface area contributed by atoms with E-state index in [0.717, 1.165) is 0 Å². The first kappa shape index (κ1) is 10.8. The molecule has 0 spiro atoms. The summed E-state index contributed by atoms with van der Waals surface area (Å²) in [6.07, 6.45) is 0. The molecule has 0 radical (unpaired) electrons. The van der Waals surface area contributed by atoms with Crippen LogP contribution >= 0.6 is 34.8 Å². The average Bonchev–Trinajstić information content (AvgIpc) is 2.03. The van der Waals surface area contributed by atoms with Crippen LogP contribution in [-0.4, -0.2) is 5.24 Å². The van der Waals surface area contributed by atoms with Gasteiger partial charge in [0, 0.05) is 15.6 Å². The van der Waals surface area contributed by atoms with Crippen molar-refractivity contribution >= 4 is 40.0 Å². The van der Waals surface area contributed by atoms with Crippen molar-refractivity contribution in [3.05, 3.63) is 33.8 Å². The molecule has 0 saturated heterocycles. The van der Waals surface area contributed by atoms with Gasteiger partial charge in [-0.15, -0.1) is 0 Å². The van der Waals surface area contributed by atoms with Gasteiger partial charge in [0.25, 0.3) is 0 Å². The summed E-state index contributed by atoms with van der Waals surface area (Å²) in [6.45, 7) is 1.67. The topological polar surface area (TPSA) is 17.1 Å². The molecule has 0 N–H and O–H groups in total. The molecule has 1 rings (SSSR count). The maximum Gasteiger partial charge on any atom is 0.228 e. The lowest BCUT2D eigenvalue weighted by Crippen LogP contribution is -2.03. The Morgan fingerprint density at radius 2 is 1.77 bits per heavy atom. The van der Waals surface area contributed by atoms with Crippen LogP contribution in [0.1, 0.15) is 18.4 Å². The maximum absolute atomic E-state index is 10.9. The minimum atomic E-state index is -0.470. The van der Waals surface area contributed by atoms with Crippen molar-refractivity contribution in [1.29, 1.82) is 0 Å². The summed E-state index contributed by atoms with van der Waals surface area (Å²) in [4.78, 5) is 10.9. The Labute approximate surface area is 91.6 Å². The number of halogens is 3. The first-order chi connectivity index (χ1) is 6.04. The van der Waals surface area contributed by atoms with Crippen LogP contribution in [0.3, 0.4) is 0 Å². The van der Waals surface area contributed by atoms with Crippen LogP contribution in [0.25, 0.3) is 0 Å². The molecule has 13 heavy (non-hydrogen) atoms. The Morgan fingerprint density at radius 1 is 1.31 bits per heavy atom. The summed E-state index contributed by atoms with van der Waals surface area (Å²) in [5, 5.41) is 0.470. The van der Waals surface area contributed by atoms with Crippen LogP contribution in [0.5, 0.6) is 0 Å². The van der Waals surface area contributed by atoms with Gasteiger partial charge < -0.3 is 0 Å². The molecule has 0 fully saturated rings. The van der Waals surface area contributed by atoms with Crippen LogP contribution in [0.2, 0.25) is 10.0 Å². The molecule has 4 heteroatoms. The third-order valence-corrected chi connectivity index (χ3v) is 2.76. The standard InChI is InChI=1S/C9H7Cl3O/c1-5(9(12)13)8-6(10)3-2-4-7(8)11/h2-5H,1H3/t5-/m0/s1. The predicted molar refractivity (Wildman–Crippen MR) is 55.7 cm³/mol. The Morgan fingerprint density at radius 3 is 2.15 bits per heavy atom. The lowest BCUT2D eigenvalue weighted by Gasteiger charge is -2.10. The highest BCUT2D eigenvalue weighted by atomic mass is 35.5. The van der Waals surface area contributed by atoms with Gasteiger partial charge in [-0.1, -0.05) is 36.2 Å². The molecule has 0 aliphatic rings. The molecule has 0 aliphatic carbocycles. The van der Waals surface area contributed by atoms with E-state index in [2.05, 4.69) is 0 Å². The molecule has 0 aromatic heterocycles. The van der Waals surface area contributed by atoms with Crippen molar-refractivity contribution in [2.45, 2.75) is 12.8 Å². The van der Waals surface area contributed by atoms with Crippen LogP contribution in [0.15, 0.2) is 18.2 Å². The smallest absolute Gasteiger partial charge is 0.228 e. The molecular formula is C9H7Cl3O. The summed E-state index contributed by atoms with van der Waals surface area (Å²) >= 11 is 17.1. The highest BCUT2D eigenvalue weighted by Gasteiger charge is 2.18. The zero-order chi connectivity index (χ0) is 10.0. The quantitative estimate of drug-likeness (QED) is 0.714. The minimum absolute atomic E-state index is 0.463. The third kappa shape index (κ3) is 2.37. The number of carbonyl (C=O) groups is 1. The van der Waals surface area contributed by atoms with E-state index < -0.39 is 11.2 Å². The third-order valence-electron chi connectivity index (χ3n) is 1.77. The molecule has 70 valence electrons. The Balaban J connectivity index is 3.20. The number of carbonyl (C=O) groups excluding carboxylic acids is 1. The fourth-order valence-corrected chi connectivity index (χ4v) is 1.87. The zero-order valence-corrected chi connectivity index (χ0v) is 9.12. The normalized spacial score (nSPS) is 12.6. The van der Waals surface area contributed by atoms with Crippen molar-refractivity contribution in [2.75, 3.05) is 0 Å². The molecule has 1 aromatic carbocycles. The maximum atomic E-state index is 10.9. The molecule has 0 amide bonds. The van der Waals surface area contributed by atoms with Crippen LogP contribution in [0, 0.1) is 0 Å². The monoisotopic (exact) mass is 236 g/mol. The molecule has 0 heterocycles. The molecule has 1 aromatic rings. The van der Waals surface area contributed by atoms with Crippen LogP contribution in [-0.2, 0) is 4.79 Å². The molecule has 1 atom stereocenters. The van der Waals surface area contributed by atoms with Crippen LogP contribution in [0.4, 0.5) is 0 Å².